The summed E-state index contributed by atoms with van der Waals surface area (Å²) in [5.41, 5.74) is 0. The Morgan fingerprint density at radius 2 is 1.88 bits per heavy atom. The number of methoxy groups -OCH3 is 1. The highest BCUT2D eigenvalue weighted by Gasteiger charge is 2.32. The Hall–Kier alpha value is -1.06. The second-order valence-corrected chi connectivity index (χ2v) is 4.63. The molecule has 0 aliphatic heterocycles. The molecule has 0 spiro atoms. The van der Waals surface area contributed by atoms with E-state index in [1.54, 1.807) is 0 Å². The van der Waals surface area contributed by atoms with E-state index in [9.17, 15) is 9.59 Å². The van der Waals surface area contributed by atoms with Gasteiger partial charge in [0.1, 0.15) is 0 Å². The highest BCUT2D eigenvalue weighted by Crippen LogP contribution is 2.31. The Morgan fingerprint density at radius 1 is 1.24 bits per heavy atom. The first-order chi connectivity index (χ1) is 8.19. The minimum Gasteiger partial charge on any atom is -0.468 e. The standard InChI is InChI=1S/C13H22O4/c1-3-8-17-13(15)11(12(14)16-2)9-10-6-4-5-7-10/h10-11H,3-9H2,1-2H3. The van der Waals surface area contributed by atoms with Crippen molar-refractivity contribution in [1.82, 2.24) is 0 Å². The molecule has 1 atom stereocenters. The van der Waals surface area contributed by atoms with Crippen molar-refractivity contribution in [3.63, 3.8) is 0 Å². The van der Waals surface area contributed by atoms with Crippen LogP contribution in [0.1, 0.15) is 45.4 Å². The molecule has 1 rings (SSSR count). The van der Waals surface area contributed by atoms with Gasteiger partial charge in [0.05, 0.1) is 13.7 Å². The Labute approximate surface area is 103 Å². The zero-order valence-electron chi connectivity index (χ0n) is 10.7. The van der Waals surface area contributed by atoms with Crippen LogP contribution in [0, 0.1) is 11.8 Å². The number of hydrogen-bond donors (Lipinski definition) is 0. The summed E-state index contributed by atoms with van der Waals surface area (Å²) < 4.78 is 9.73. The quantitative estimate of drug-likeness (QED) is 0.530. The summed E-state index contributed by atoms with van der Waals surface area (Å²) >= 11 is 0. The minimum absolute atomic E-state index is 0.372. The molecular weight excluding hydrogens is 220 g/mol. The average Bonchev–Trinajstić information content (AvgIpc) is 2.85. The Balaban J connectivity index is 2.52. The van der Waals surface area contributed by atoms with Crippen LogP contribution in [0.2, 0.25) is 0 Å². The van der Waals surface area contributed by atoms with E-state index in [2.05, 4.69) is 4.74 Å². The first-order valence-electron chi connectivity index (χ1n) is 6.43. The molecule has 0 aromatic rings. The SMILES string of the molecule is CCCOC(=O)C(CC1CCCC1)C(=O)OC. The molecule has 0 heterocycles. The summed E-state index contributed by atoms with van der Waals surface area (Å²) in [5.74, 6) is -1.15. The van der Waals surface area contributed by atoms with E-state index in [-0.39, 0.29) is 0 Å². The topological polar surface area (TPSA) is 52.6 Å². The first kappa shape index (κ1) is 14.0. The predicted octanol–water partition coefficient (Wildman–Crippen LogP) is 2.31. The molecule has 98 valence electrons. The van der Waals surface area contributed by atoms with E-state index >= 15 is 0 Å². The molecule has 1 aliphatic rings. The first-order valence-corrected chi connectivity index (χ1v) is 6.43. The molecule has 4 heteroatoms. The van der Waals surface area contributed by atoms with Gasteiger partial charge in [-0.05, 0) is 18.8 Å². The fourth-order valence-electron chi connectivity index (χ4n) is 2.31. The summed E-state index contributed by atoms with van der Waals surface area (Å²) in [7, 11) is 1.32. The lowest BCUT2D eigenvalue weighted by molar-refractivity contribution is -0.161. The molecule has 1 unspecified atom stereocenters. The molecule has 1 saturated carbocycles. The van der Waals surface area contributed by atoms with Crippen molar-refractivity contribution in [1.29, 1.82) is 0 Å². The van der Waals surface area contributed by atoms with Crippen LogP contribution in [0.4, 0.5) is 0 Å². The zero-order chi connectivity index (χ0) is 12.7. The van der Waals surface area contributed by atoms with Gasteiger partial charge in [0.25, 0.3) is 0 Å². The number of ether oxygens (including phenoxy) is 2. The van der Waals surface area contributed by atoms with Crippen LogP contribution in [-0.2, 0) is 19.1 Å². The van der Waals surface area contributed by atoms with Crippen LogP contribution in [0.5, 0.6) is 0 Å². The second kappa shape index (κ2) is 7.30. The molecule has 0 aromatic carbocycles. The monoisotopic (exact) mass is 242 g/mol. The zero-order valence-corrected chi connectivity index (χ0v) is 10.7. The van der Waals surface area contributed by atoms with Gasteiger partial charge in [0.15, 0.2) is 5.92 Å². The molecule has 1 aliphatic carbocycles. The van der Waals surface area contributed by atoms with E-state index < -0.39 is 17.9 Å². The second-order valence-electron chi connectivity index (χ2n) is 4.63. The molecular formula is C13H22O4. The summed E-state index contributed by atoms with van der Waals surface area (Å²) in [5, 5.41) is 0. The van der Waals surface area contributed by atoms with Gasteiger partial charge in [-0.15, -0.1) is 0 Å². The van der Waals surface area contributed by atoms with E-state index in [1.807, 2.05) is 6.92 Å². The van der Waals surface area contributed by atoms with Crippen LogP contribution in [0.15, 0.2) is 0 Å². The third-order valence-electron chi connectivity index (χ3n) is 3.26. The van der Waals surface area contributed by atoms with Crippen molar-refractivity contribution in [2.75, 3.05) is 13.7 Å². The van der Waals surface area contributed by atoms with Gasteiger partial charge in [-0.25, -0.2) is 0 Å². The van der Waals surface area contributed by atoms with Crippen molar-refractivity contribution < 1.29 is 19.1 Å². The average molecular weight is 242 g/mol. The van der Waals surface area contributed by atoms with Gasteiger partial charge in [-0.2, -0.15) is 0 Å². The highest BCUT2D eigenvalue weighted by atomic mass is 16.5. The van der Waals surface area contributed by atoms with Crippen LogP contribution >= 0.6 is 0 Å². The van der Waals surface area contributed by atoms with E-state index in [0.717, 1.165) is 19.3 Å². The van der Waals surface area contributed by atoms with Gasteiger partial charge >= 0.3 is 11.9 Å². The van der Waals surface area contributed by atoms with E-state index in [0.29, 0.717) is 18.9 Å². The fourth-order valence-corrected chi connectivity index (χ4v) is 2.31. The molecule has 0 bridgehead atoms. The minimum atomic E-state index is -0.727. The molecule has 0 aromatic heterocycles. The fraction of sp³-hybridized carbons (Fsp3) is 0.846. The molecule has 1 fully saturated rings. The third kappa shape index (κ3) is 4.36. The van der Waals surface area contributed by atoms with Crippen LogP contribution in [-0.4, -0.2) is 25.7 Å². The maximum Gasteiger partial charge on any atom is 0.320 e. The van der Waals surface area contributed by atoms with Crippen molar-refractivity contribution in [3.05, 3.63) is 0 Å². The van der Waals surface area contributed by atoms with Crippen molar-refractivity contribution in [2.45, 2.75) is 45.4 Å². The lowest BCUT2D eigenvalue weighted by Crippen LogP contribution is -2.29. The Bertz CT molecular complexity index is 256. The molecule has 17 heavy (non-hydrogen) atoms. The summed E-state index contributed by atoms with van der Waals surface area (Å²) in [6.07, 6.45) is 5.95. The molecule has 0 amide bonds. The van der Waals surface area contributed by atoms with Crippen molar-refractivity contribution in [3.8, 4) is 0 Å². The summed E-state index contributed by atoms with van der Waals surface area (Å²) in [6.45, 7) is 2.30. The number of carbonyl (C=O) groups is 2. The van der Waals surface area contributed by atoms with Crippen molar-refractivity contribution >= 4 is 11.9 Å². The lowest BCUT2D eigenvalue weighted by atomic mass is 9.93. The van der Waals surface area contributed by atoms with Gasteiger partial charge < -0.3 is 9.47 Å². The van der Waals surface area contributed by atoms with Crippen LogP contribution < -0.4 is 0 Å². The maximum atomic E-state index is 11.8. The Morgan fingerprint density at radius 3 is 2.41 bits per heavy atom. The molecule has 4 nitrogen and oxygen atoms in total. The smallest absolute Gasteiger partial charge is 0.320 e. The van der Waals surface area contributed by atoms with Gasteiger partial charge in [0.2, 0.25) is 0 Å². The molecule has 0 radical (unpaired) electrons. The largest absolute Gasteiger partial charge is 0.468 e. The van der Waals surface area contributed by atoms with Gasteiger partial charge in [-0.3, -0.25) is 9.59 Å². The maximum absolute atomic E-state index is 11.8. The summed E-state index contributed by atoms with van der Waals surface area (Å²) in [6, 6.07) is 0. The van der Waals surface area contributed by atoms with Gasteiger partial charge in [-0.1, -0.05) is 32.6 Å². The normalized spacial score (nSPS) is 17.8. The Kier molecular flexibility index (Phi) is 6.01. The highest BCUT2D eigenvalue weighted by molar-refractivity contribution is 5.94. The predicted molar refractivity (Wildman–Crippen MR) is 63.3 cm³/mol. The number of hydrogen-bond acceptors (Lipinski definition) is 4. The van der Waals surface area contributed by atoms with Gasteiger partial charge in [0, 0.05) is 0 Å². The number of carbonyl (C=O) groups excluding carboxylic acids is 2. The molecule has 0 saturated heterocycles. The van der Waals surface area contributed by atoms with Crippen LogP contribution in [0.3, 0.4) is 0 Å². The third-order valence-corrected chi connectivity index (χ3v) is 3.26. The van der Waals surface area contributed by atoms with E-state index in [1.165, 1.54) is 20.0 Å². The van der Waals surface area contributed by atoms with E-state index in [4.69, 9.17) is 4.74 Å². The lowest BCUT2D eigenvalue weighted by Gasteiger charge is -2.17. The van der Waals surface area contributed by atoms with Crippen LogP contribution in [0.25, 0.3) is 0 Å². The summed E-state index contributed by atoms with van der Waals surface area (Å²) in [4.78, 5) is 23.3. The number of esters is 2. The molecule has 0 N–H and O–H groups in total. The van der Waals surface area contributed by atoms with Crippen molar-refractivity contribution in [2.24, 2.45) is 11.8 Å². The number of rotatable bonds is 6.